The smallest absolute Gasteiger partial charge is 0.446 e. The minimum Gasteiger partial charge on any atom is -0.465 e. The van der Waals surface area contributed by atoms with E-state index >= 15 is 0 Å². The van der Waals surface area contributed by atoms with Crippen LogP contribution in [0.1, 0.15) is 9.67 Å². The van der Waals surface area contributed by atoms with Crippen LogP contribution in [0.3, 0.4) is 0 Å². The Labute approximate surface area is 109 Å². The van der Waals surface area contributed by atoms with Crippen LogP contribution < -0.4 is 0 Å². The molecule has 7 heteroatoms. The summed E-state index contributed by atoms with van der Waals surface area (Å²) in [5.41, 5.74) is -4.31. The Hall–Kier alpha value is -1.21. The van der Waals surface area contributed by atoms with Gasteiger partial charge in [-0.1, -0.05) is 0 Å². The summed E-state index contributed by atoms with van der Waals surface area (Å²) in [4.78, 5) is 11.8. The van der Waals surface area contributed by atoms with Crippen molar-refractivity contribution in [3.8, 4) is 0 Å². The van der Waals surface area contributed by atoms with E-state index in [1.807, 2.05) is 0 Å². The summed E-state index contributed by atoms with van der Waals surface area (Å²) in [6.07, 6.45) is 0. The minimum atomic E-state index is -4.31. The number of thioether (sulfide) groups is 1. The normalized spacial score (nSPS) is 11.8. The zero-order valence-corrected chi connectivity index (χ0v) is 10.7. The van der Waals surface area contributed by atoms with Gasteiger partial charge in [0.15, 0.2) is 0 Å². The van der Waals surface area contributed by atoms with Gasteiger partial charge in [0.05, 0.1) is 7.11 Å². The lowest BCUT2D eigenvalue weighted by molar-refractivity contribution is -0.0328. The average Bonchev–Trinajstić information content (AvgIpc) is 2.68. The molecule has 2 nitrogen and oxygen atoms in total. The molecule has 0 spiro atoms. The zero-order valence-electron chi connectivity index (χ0n) is 9.08. The van der Waals surface area contributed by atoms with E-state index in [9.17, 15) is 18.0 Å². The molecular weight excluding hydrogens is 285 g/mol. The summed E-state index contributed by atoms with van der Waals surface area (Å²) in [5, 5.41) is 0.606. The second-order valence-corrected chi connectivity index (χ2v) is 5.57. The van der Waals surface area contributed by atoms with E-state index in [1.165, 1.54) is 36.6 Å². The number of carbonyl (C=O) groups is 1. The van der Waals surface area contributed by atoms with Crippen molar-refractivity contribution in [2.75, 3.05) is 7.11 Å². The number of benzene rings is 1. The van der Waals surface area contributed by atoms with Crippen molar-refractivity contribution < 1.29 is 22.7 Å². The molecule has 0 unspecified atom stereocenters. The first-order chi connectivity index (χ1) is 8.39. The molecule has 1 aromatic carbocycles. The van der Waals surface area contributed by atoms with Crippen LogP contribution in [0.4, 0.5) is 13.2 Å². The van der Waals surface area contributed by atoms with Crippen molar-refractivity contribution in [1.29, 1.82) is 0 Å². The molecule has 0 aliphatic rings. The summed E-state index contributed by atoms with van der Waals surface area (Å²) in [6, 6.07) is 5.90. The van der Waals surface area contributed by atoms with E-state index in [4.69, 9.17) is 0 Å². The fraction of sp³-hybridized carbons (Fsp3) is 0.182. The Kier molecular flexibility index (Phi) is 3.54. The molecule has 96 valence electrons. The van der Waals surface area contributed by atoms with Crippen LogP contribution in [-0.4, -0.2) is 18.6 Å². The SMILES string of the molecule is COC(=O)c1cc2cc(SC(F)(F)F)ccc2s1. The van der Waals surface area contributed by atoms with Gasteiger partial charge in [0.2, 0.25) is 0 Å². The quantitative estimate of drug-likeness (QED) is 0.610. The molecule has 1 aromatic heterocycles. The third-order valence-electron chi connectivity index (χ3n) is 2.11. The van der Waals surface area contributed by atoms with Crippen LogP contribution in [0.5, 0.6) is 0 Å². The van der Waals surface area contributed by atoms with Gasteiger partial charge in [-0.25, -0.2) is 4.79 Å². The van der Waals surface area contributed by atoms with E-state index in [2.05, 4.69) is 4.74 Å². The highest BCUT2D eigenvalue weighted by Crippen LogP contribution is 2.39. The number of thiophene rings is 1. The monoisotopic (exact) mass is 292 g/mol. The molecular formula is C11H7F3O2S2. The predicted octanol–water partition coefficient (Wildman–Crippen LogP) is 4.30. The van der Waals surface area contributed by atoms with E-state index < -0.39 is 11.5 Å². The molecule has 2 aromatic rings. The van der Waals surface area contributed by atoms with Gasteiger partial charge in [0.1, 0.15) is 4.88 Å². The first-order valence-corrected chi connectivity index (χ1v) is 6.40. The van der Waals surface area contributed by atoms with Crippen molar-refractivity contribution in [2.24, 2.45) is 0 Å². The summed E-state index contributed by atoms with van der Waals surface area (Å²) in [6.45, 7) is 0. The van der Waals surface area contributed by atoms with Crippen molar-refractivity contribution in [1.82, 2.24) is 0 Å². The highest BCUT2D eigenvalue weighted by Gasteiger charge is 2.29. The van der Waals surface area contributed by atoms with Gasteiger partial charge in [0.25, 0.3) is 0 Å². The van der Waals surface area contributed by atoms with Crippen molar-refractivity contribution >= 4 is 39.2 Å². The van der Waals surface area contributed by atoms with E-state index in [1.54, 1.807) is 6.07 Å². The molecule has 2 rings (SSSR count). The van der Waals surface area contributed by atoms with Crippen molar-refractivity contribution in [3.63, 3.8) is 0 Å². The largest absolute Gasteiger partial charge is 0.465 e. The Morgan fingerprint density at radius 1 is 1.33 bits per heavy atom. The van der Waals surface area contributed by atoms with E-state index in [-0.39, 0.29) is 16.7 Å². The molecule has 0 atom stereocenters. The first kappa shape index (κ1) is 13.2. The molecule has 0 aliphatic carbocycles. The van der Waals surface area contributed by atoms with Gasteiger partial charge in [0, 0.05) is 9.60 Å². The van der Waals surface area contributed by atoms with Gasteiger partial charge >= 0.3 is 11.5 Å². The van der Waals surface area contributed by atoms with Crippen molar-refractivity contribution in [2.45, 2.75) is 10.4 Å². The van der Waals surface area contributed by atoms with Crippen molar-refractivity contribution in [3.05, 3.63) is 29.1 Å². The standard InChI is InChI=1S/C11H7F3O2S2/c1-16-10(15)9-5-6-4-7(18-11(12,13)14)2-3-8(6)17-9/h2-5H,1H3. The third-order valence-corrected chi connectivity index (χ3v) is 3.93. The van der Waals surface area contributed by atoms with Crippen LogP contribution in [0, 0.1) is 0 Å². The maximum atomic E-state index is 12.2. The number of methoxy groups -OCH3 is 1. The number of hydrogen-bond donors (Lipinski definition) is 0. The second-order valence-electron chi connectivity index (χ2n) is 3.35. The molecule has 0 bridgehead atoms. The topological polar surface area (TPSA) is 26.3 Å². The van der Waals surface area contributed by atoms with Crippen LogP contribution in [0.15, 0.2) is 29.2 Å². The number of alkyl halides is 3. The van der Waals surface area contributed by atoms with Gasteiger partial charge in [-0.2, -0.15) is 13.2 Å². The van der Waals surface area contributed by atoms with E-state index in [0.717, 1.165) is 4.70 Å². The summed E-state index contributed by atoms with van der Waals surface area (Å²) < 4.78 is 42.0. The molecule has 1 heterocycles. The van der Waals surface area contributed by atoms with Gasteiger partial charge in [-0.05, 0) is 41.4 Å². The van der Waals surface area contributed by atoms with Gasteiger partial charge < -0.3 is 4.74 Å². The molecule has 18 heavy (non-hydrogen) atoms. The zero-order chi connectivity index (χ0) is 13.3. The Morgan fingerprint density at radius 3 is 2.67 bits per heavy atom. The van der Waals surface area contributed by atoms with Gasteiger partial charge in [-0.15, -0.1) is 11.3 Å². The number of rotatable bonds is 2. The number of esters is 1. The molecule has 0 fully saturated rings. The number of halogens is 3. The second kappa shape index (κ2) is 4.81. The fourth-order valence-corrected chi connectivity index (χ4v) is 2.97. The Bertz CT molecular complexity index is 589. The lowest BCUT2D eigenvalue weighted by Gasteiger charge is -2.04. The molecule has 0 saturated carbocycles. The fourth-order valence-electron chi connectivity index (χ4n) is 1.42. The number of fused-ring (bicyclic) bond motifs is 1. The van der Waals surface area contributed by atoms with Gasteiger partial charge in [-0.3, -0.25) is 0 Å². The highest BCUT2D eigenvalue weighted by molar-refractivity contribution is 8.00. The maximum absolute atomic E-state index is 12.2. The third kappa shape index (κ3) is 2.97. The first-order valence-electron chi connectivity index (χ1n) is 4.77. The average molecular weight is 292 g/mol. The summed E-state index contributed by atoms with van der Waals surface area (Å²) in [7, 11) is 1.26. The highest BCUT2D eigenvalue weighted by atomic mass is 32.2. The predicted molar refractivity (Wildman–Crippen MR) is 65.1 cm³/mol. The minimum absolute atomic E-state index is 0.101. The van der Waals surface area contributed by atoms with E-state index in [0.29, 0.717) is 10.3 Å². The Morgan fingerprint density at radius 2 is 2.06 bits per heavy atom. The molecule has 0 saturated heterocycles. The lowest BCUT2D eigenvalue weighted by atomic mass is 10.2. The molecule has 0 aliphatic heterocycles. The molecule has 0 radical (unpaired) electrons. The number of carbonyl (C=O) groups excluding carboxylic acids is 1. The number of ether oxygens (including phenoxy) is 1. The van der Waals surface area contributed by atoms with Crippen LogP contribution in [-0.2, 0) is 4.74 Å². The Balaban J connectivity index is 2.37. The van der Waals surface area contributed by atoms with Crippen LogP contribution >= 0.6 is 23.1 Å². The molecule has 0 N–H and O–H groups in total. The molecule has 0 amide bonds. The summed E-state index contributed by atoms with van der Waals surface area (Å²) >= 11 is 1.02. The summed E-state index contributed by atoms with van der Waals surface area (Å²) in [5.74, 6) is -0.485. The lowest BCUT2D eigenvalue weighted by Crippen LogP contribution is -1.98. The maximum Gasteiger partial charge on any atom is 0.446 e. The van der Waals surface area contributed by atoms with Crippen LogP contribution in [0.2, 0.25) is 0 Å². The van der Waals surface area contributed by atoms with Crippen LogP contribution in [0.25, 0.3) is 10.1 Å². The number of hydrogen-bond acceptors (Lipinski definition) is 4.